The zero-order valence-corrected chi connectivity index (χ0v) is 14.3. The van der Waals surface area contributed by atoms with Gasteiger partial charge < -0.3 is 14.6 Å². The van der Waals surface area contributed by atoms with Gasteiger partial charge in [0.25, 0.3) is 11.1 Å². The Morgan fingerprint density at radius 3 is 2.76 bits per heavy atom. The topological polar surface area (TPSA) is 93.1 Å². The lowest BCUT2D eigenvalue weighted by Gasteiger charge is -2.14. The van der Waals surface area contributed by atoms with Crippen LogP contribution in [0.15, 0.2) is 23.1 Å². The fourth-order valence-corrected chi connectivity index (χ4v) is 2.83. The first-order valence-electron chi connectivity index (χ1n) is 7.13. The van der Waals surface area contributed by atoms with Crippen molar-refractivity contribution in [3.8, 4) is 23.8 Å². The number of thioether (sulfide) groups is 1. The smallest absolute Gasteiger partial charge is 0.344 e. The average Bonchev–Trinajstić information content (AvgIpc) is 2.83. The number of carboxylic acid groups (broad SMARTS) is 1. The quantitative estimate of drug-likeness (QED) is 0.613. The lowest BCUT2D eigenvalue weighted by atomic mass is 10.2. The van der Waals surface area contributed by atoms with E-state index in [1.165, 1.54) is 26.2 Å². The average molecular weight is 361 g/mol. The van der Waals surface area contributed by atoms with E-state index < -0.39 is 23.2 Å². The molecule has 2 rings (SSSR count). The number of terminal acetylenes is 1. The Morgan fingerprint density at radius 1 is 1.44 bits per heavy atom. The number of nitrogens with zero attached hydrogens (tertiary/aromatic N) is 1. The molecule has 7 nitrogen and oxygen atoms in total. The summed E-state index contributed by atoms with van der Waals surface area (Å²) >= 11 is 0.802. The van der Waals surface area contributed by atoms with Gasteiger partial charge in [0.15, 0.2) is 17.6 Å². The Balaban J connectivity index is 2.27. The van der Waals surface area contributed by atoms with Crippen molar-refractivity contribution in [3.05, 3.63) is 28.7 Å². The number of carbonyl (C=O) groups is 3. The first kappa shape index (κ1) is 18.4. The number of amides is 2. The molecule has 0 saturated carbocycles. The van der Waals surface area contributed by atoms with Gasteiger partial charge in [-0.2, -0.15) is 0 Å². The van der Waals surface area contributed by atoms with E-state index in [1.54, 1.807) is 12.1 Å². The van der Waals surface area contributed by atoms with Gasteiger partial charge in [-0.25, -0.2) is 4.79 Å². The molecule has 1 atom stereocenters. The summed E-state index contributed by atoms with van der Waals surface area (Å²) < 4.78 is 10.5. The van der Waals surface area contributed by atoms with Crippen LogP contribution in [-0.2, 0) is 9.59 Å². The number of methoxy groups -OCH3 is 1. The third kappa shape index (κ3) is 4.14. The molecule has 1 heterocycles. The monoisotopic (exact) mass is 361 g/mol. The number of hydrogen-bond donors (Lipinski definition) is 1. The molecule has 8 heteroatoms. The Kier molecular flexibility index (Phi) is 5.72. The summed E-state index contributed by atoms with van der Waals surface area (Å²) in [7, 11) is 1.41. The first-order valence-corrected chi connectivity index (χ1v) is 7.95. The van der Waals surface area contributed by atoms with Crippen LogP contribution in [0.4, 0.5) is 4.79 Å². The highest BCUT2D eigenvalue weighted by Gasteiger charge is 2.34. The number of imide groups is 1. The molecule has 0 spiro atoms. The second kappa shape index (κ2) is 7.77. The number of hydrogen-bond acceptors (Lipinski definition) is 6. The highest BCUT2D eigenvalue weighted by atomic mass is 32.2. The van der Waals surface area contributed by atoms with Crippen LogP contribution in [0.3, 0.4) is 0 Å². The Labute approximate surface area is 148 Å². The predicted octanol–water partition coefficient (Wildman–Crippen LogP) is 2.22. The minimum Gasteiger partial charge on any atom is -0.493 e. The molecule has 1 aliphatic heterocycles. The lowest BCUT2D eigenvalue weighted by molar-refractivity contribution is -0.144. The van der Waals surface area contributed by atoms with Crippen LogP contribution in [0, 0.1) is 12.3 Å². The molecule has 130 valence electrons. The zero-order valence-electron chi connectivity index (χ0n) is 13.5. The molecular weight excluding hydrogens is 346 g/mol. The standard InChI is InChI=1S/C17H15NO6S/c1-4-7-18-15(19)14(25-17(18)22)9-11-5-6-12(13(8-11)23-3)24-10(2)16(20)21/h1,5-6,8-10H,7H2,2-3H3,(H,20,21). The van der Waals surface area contributed by atoms with E-state index in [-0.39, 0.29) is 17.2 Å². The van der Waals surface area contributed by atoms with E-state index >= 15 is 0 Å². The van der Waals surface area contributed by atoms with Gasteiger partial charge in [-0.1, -0.05) is 12.0 Å². The maximum Gasteiger partial charge on any atom is 0.344 e. The number of rotatable bonds is 6. The number of carbonyl (C=O) groups excluding carboxylic acids is 2. The largest absolute Gasteiger partial charge is 0.493 e. The van der Waals surface area contributed by atoms with Crippen molar-refractivity contribution in [1.82, 2.24) is 4.90 Å². The van der Waals surface area contributed by atoms with Crippen molar-refractivity contribution < 1.29 is 29.0 Å². The van der Waals surface area contributed by atoms with Crippen LogP contribution in [-0.4, -0.2) is 46.9 Å². The van der Waals surface area contributed by atoms with Crippen LogP contribution < -0.4 is 9.47 Å². The van der Waals surface area contributed by atoms with E-state index in [9.17, 15) is 14.4 Å². The Morgan fingerprint density at radius 2 is 2.16 bits per heavy atom. The molecule has 1 aromatic rings. The number of ether oxygens (including phenoxy) is 2. The van der Waals surface area contributed by atoms with E-state index in [2.05, 4.69) is 5.92 Å². The van der Waals surface area contributed by atoms with Gasteiger partial charge in [0, 0.05) is 0 Å². The molecule has 1 N–H and O–H groups in total. The van der Waals surface area contributed by atoms with Crippen molar-refractivity contribution in [3.63, 3.8) is 0 Å². The minimum atomic E-state index is -1.10. The first-order chi connectivity index (χ1) is 11.9. The molecule has 1 aromatic carbocycles. The Hall–Kier alpha value is -2.92. The maximum absolute atomic E-state index is 12.2. The second-order valence-electron chi connectivity index (χ2n) is 4.98. The van der Waals surface area contributed by atoms with Crippen molar-refractivity contribution in [2.75, 3.05) is 13.7 Å². The summed E-state index contributed by atoms with van der Waals surface area (Å²) in [6.07, 6.45) is 5.64. The molecule has 0 aliphatic carbocycles. The van der Waals surface area contributed by atoms with Gasteiger partial charge in [-0.15, -0.1) is 6.42 Å². The van der Waals surface area contributed by atoms with Crippen molar-refractivity contribution in [2.24, 2.45) is 0 Å². The van der Waals surface area contributed by atoms with Crippen LogP contribution in [0.25, 0.3) is 6.08 Å². The molecular formula is C17H15NO6S. The zero-order chi connectivity index (χ0) is 18.6. The van der Waals surface area contributed by atoms with E-state index in [0.29, 0.717) is 11.3 Å². The SMILES string of the molecule is C#CCN1C(=O)SC(=Cc2ccc(OC(C)C(=O)O)c(OC)c2)C1=O. The van der Waals surface area contributed by atoms with E-state index in [4.69, 9.17) is 21.0 Å². The molecule has 0 aromatic heterocycles. The predicted molar refractivity (Wildman–Crippen MR) is 92.2 cm³/mol. The van der Waals surface area contributed by atoms with Crippen molar-refractivity contribution in [1.29, 1.82) is 0 Å². The third-order valence-corrected chi connectivity index (χ3v) is 4.17. The van der Waals surface area contributed by atoms with Gasteiger partial charge in [-0.05, 0) is 42.5 Å². The van der Waals surface area contributed by atoms with Gasteiger partial charge in [-0.3, -0.25) is 14.5 Å². The van der Waals surface area contributed by atoms with Gasteiger partial charge in [0.05, 0.1) is 18.6 Å². The van der Waals surface area contributed by atoms with Crippen LogP contribution in [0.2, 0.25) is 0 Å². The van der Waals surface area contributed by atoms with Crippen LogP contribution in [0.1, 0.15) is 12.5 Å². The van der Waals surface area contributed by atoms with E-state index in [0.717, 1.165) is 16.7 Å². The fraction of sp³-hybridized carbons (Fsp3) is 0.235. The Bertz CT molecular complexity index is 795. The fourth-order valence-electron chi connectivity index (χ4n) is 1.99. The van der Waals surface area contributed by atoms with Gasteiger partial charge in [0.1, 0.15) is 0 Å². The molecule has 1 aliphatic rings. The van der Waals surface area contributed by atoms with Gasteiger partial charge in [0.2, 0.25) is 0 Å². The molecule has 1 unspecified atom stereocenters. The summed E-state index contributed by atoms with van der Waals surface area (Å²) in [6, 6.07) is 4.75. The molecule has 1 saturated heterocycles. The van der Waals surface area contributed by atoms with Crippen LogP contribution in [0.5, 0.6) is 11.5 Å². The molecule has 0 radical (unpaired) electrons. The minimum absolute atomic E-state index is 0.0782. The summed E-state index contributed by atoms with van der Waals surface area (Å²) in [5.74, 6) is 1.28. The maximum atomic E-state index is 12.2. The van der Waals surface area contributed by atoms with Crippen LogP contribution >= 0.6 is 11.8 Å². The summed E-state index contributed by atoms with van der Waals surface area (Å²) in [6.45, 7) is 1.32. The lowest BCUT2D eigenvalue weighted by Crippen LogP contribution is -2.28. The number of benzene rings is 1. The summed E-state index contributed by atoms with van der Waals surface area (Å²) in [4.78, 5) is 36.0. The van der Waals surface area contributed by atoms with Crippen molar-refractivity contribution >= 4 is 35.0 Å². The third-order valence-electron chi connectivity index (χ3n) is 3.26. The van der Waals surface area contributed by atoms with Crippen molar-refractivity contribution in [2.45, 2.75) is 13.0 Å². The van der Waals surface area contributed by atoms with E-state index in [1.807, 2.05) is 0 Å². The number of aliphatic carboxylic acids is 1. The summed E-state index contributed by atoms with van der Waals surface area (Å²) in [5, 5.41) is 8.49. The normalized spacial score (nSPS) is 16.7. The highest BCUT2D eigenvalue weighted by molar-refractivity contribution is 8.18. The molecule has 0 bridgehead atoms. The number of carboxylic acids is 1. The summed E-state index contributed by atoms with van der Waals surface area (Å²) in [5.41, 5.74) is 0.596. The second-order valence-corrected chi connectivity index (χ2v) is 5.97. The molecule has 1 fully saturated rings. The highest BCUT2D eigenvalue weighted by Crippen LogP contribution is 2.34. The molecule has 25 heavy (non-hydrogen) atoms. The molecule has 2 amide bonds. The van der Waals surface area contributed by atoms with Gasteiger partial charge >= 0.3 is 5.97 Å².